The minimum Gasteiger partial charge on any atom is -0.374 e. The molecule has 2 aromatic rings. The molecule has 0 spiro atoms. The van der Waals surface area contributed by atoms with E-state index in [1.54, 1.807) is 0 Å². The summed E-state index contributed by atoms with van der Waals surface area (Å²) in [4.78, 5) is 0. The smallest absolute Gasteiger partial charge is 0.203 e. The van der Waals surface area contributed by atoms with Crippen molar-refractivity contribution in [2.24, 2.45) is 0 Å². The van der Waals surface area contributed by atoms with E-state index in [-0.39, 0.29) is 0 Å². The molecular formula is C8H6BrN3S. The van der Waals surface area contributed by atoms with Gasteiger partial charge >= 0.3 is 0 Å². The average Bonchev–Trinajstić information content (AvgIpc) is 2.53. The lowest BCUT2D eigenvalue weighted by Gasteiger charge is -1.96. The molecule has 0 unspecified atom stereocenters. The highest BCUT2D eigenvalue weighted by Gasteiger charge is 2.06. The quantitative estimate of drug-likeness (QED) is 0.853. The Morgan fingerprint density at radius 1 is 1.23 bits per heavy atom. The van der Waals surface area contributed by atoms with Gasteiger partial charge in [-0.2, -0.15) is 0 Å². The highest BCUT2D eigenvalue weighted by Crippen LogP contribution is 2.30. The second kappa shape index (κ2) is 3.43. The first-order valence-electron chi connectivity index (χ1n) is 3.61. The predicted octanol–water partition coefficient (Wildman–Crippen LogP) is 2.55. The van der Waals surface area contributed by atoms with Gasteiger partial charge in [0.05, 0.1) is 0 Å². The van der Waals surface area contributed by atoms with Crippen LogP contribution in [-0.4, -0.2) is 10.2 Å². The summed E-state index contributed by atoms with van der Waals surface area (Å²) in [7, 11) is 0. The van der Waals surface area contributed by atoms with Crippen LogP contribution in [0, 0.1) is 0 Å². The lowest BCUT2D eigenvalue weighted by atomic mass is 10.2. The normalized spacial score (nSPS) is 10.2. The van der Waals surface area contributed by atoms with Crippen molar-refractivity contribution in [3.8, 4) is 10.6 Å². The van der Waals surface area contributed by atoms with Crippen LogP contribution in [-0.2, 0) is 0 Å². The maximum absolute atomic E-state index is 5.50. The van der Waals surface area contributed by atoms with Crippen molar-refractivity contribution in [3.05, 3.63) is 28.7 Å². The zero-order chi connectivity index (χ0) is 9.26. The van der Waals surface area contributed by atoms with Gasteiger partial charge in [0.2, 0.25) is 5.13 Å². The van der Waals surface area contributed by atoms with Crippen LogP contribution < -0.4 is 5.73 Å². The average molecular weight is 256 g/mol. The maximum atomic E-state index is 5.50. The Labute approximate surface area is 87.7 Å². The highest BCUT2D eigenvalue weighted by atomic mass is 79.9. The monoisotopic (exact) mass is 255 g/mol. The predicted molar refractivity (Wildman–Crippen MR) is 57.5 cm³/mol. The molecule has 2 N–H and O–H groups in total. The second-order valence-corrected chi connectivity index (χ2v) is 4.29. The molecule has 5 heteroatoms. The van der Waals surface area contributed by atoms with E-state index in [2.05, 4.69) is 26.1 Å². The van der Waals surface area contributed by atoms with E-state index >= 15 is 0 Å². The molecule has 13 heavy (non-hydrogen) atoms. The van der Waals surface area contributed by atoms with Crippen molar-refractivity contribution < 1.29 is 0 Å². The van der Waals surface area contributed by atoms with Crippen molar-refractivity contribution in [2.75, 3.05) is 5.73 Å². The third-order valence-corrected chi connectivity index (χ3v) is 3.02. The van der Waals surface area contributed by atoms with Crippen LogP contribution >= 0.6 is 27.3 Å². The summed E-state index contributed by atoms with van der Waals surface area (Å²) in [6.07, 6.45) is 0. The Morgan fingerprint density at radius 3 is 2.62 bits per heavy atom. The molecule has 0 aliphatic rings. The van der Waals surface area contributed by atoms with Gasteiger partial charge < -0.3 is 5.73 Å². The van der Waals surface area contributed by atoms with Crippen LogP contribution in [0.1, 0.15) is 0 Å². The Hall–Kier alpha value is -0.940. The summed E-state index contributed by atoms with van der Waals surface area (Å²) >= 11 is 4.82. The molecule has 1 heterocycles. The molecule has 0 aliphatic carbocycles. The number of rotatable bonds is 1. The highest BCUT2D eigenvalue weighted by molar-refractivity contribution is 9.10. The first kappa shape index (κ1) is 8.65. The van der Waals surface area contributed by atoms with E-state index in [0.717, 1.165) is 15.0 Å². The Kier molecular flexibility index (Phi) is 2.28. The van der Waals surface area contributed by atoms with Gasteiger partial charge in [0.15, 0.2) is 5.01 Å². The number of nitrogen functional groups attached to an aromatic ring is 1. The molecule has 0 bridgehead atoms. The second-order valence-electron chi connectivity index (χ2n) is 2.43. The fourth-order valence-electron chi connectivity index (χ4n) is 0.978. The lowest BCUT2D eigenvalue weighted by molar-refractivity contribution is 1.10. The fourth-order valence-corrected chi connectivity index (χ4v) is 2.23. The summed E-state index contributed by atoms with van der Waals surface area (Å²) in [5.74, 6) is 0. The van der Waals surface area contributed by atoms with E-state index in [4.69, 9.17) is 5.73 Å². The summed E-state index contributed by atoms with van der Waals surface area (Å²) in [6.45, 7) is 0. The number of nitrogens with two attached hydrogens (primary N) is 1. The van der Waals surface area contributed by atoms with Crippen LogP contribution in [0.15, 0.2) is 28.7 Å². The van der Waals surface area contributed by atoms with E-state index in [0.29, 0.717) is 5.13 Å². The largest absolute Gasteiger partial charge is 0.374 e. The van der Waals surface area contributed by atoms with Gasteiger partial charge in [-0.3, -0.25) is 0 Å². The van der Waals surface area contributed by atoms with Crippen molar-refractivity contribution in [1.82, 2.24) is 10.2 Å². The SMILES string of the molecule is Nc1nnc(-c2ccccc2Br)s1. The molecule has 2 rings (SSSR count). The van der Waals surface area contributed by atoms with Crippen molar-refractivity contribution in [2.45, 2.75) is 0 Å². The van der Waals surface area contributed by atoms with Crippen LogP contribution in [0.3, 0.4) is 0 Å². The fraction of sp³-hybridized carbons (Fsp3) is 0. The summed E-state index contributed by atoms with van der Waals surface area (Å²) < 4.78 is 1.01. The number of hydrogen-bond acceptors (Lipinski definition) is 4. The molecule has 0 saturated heterocycles. The van der Waals surface area contributed by atoms with Crippen molar-refractivity contribution >= 4 is 32.4 Å². The van der Waals surface area contributed by atoms with Gasteiger partial charge in [-0.25, -0.2) is 0 Å². The molecule has 1 aromatic carbocycles. The van der Waals surface area contributed by atoms with Crippen molar-refractivity contribution in [1.29, 1.82) is 0 Å². The lowest BCUT2D eigenvalue weighted by Crippen LogP contribution is -1.80. The molecule has 0 radical (unpaired) electrons. The van der Waals surface area contributed by atoms with Gasteiger partial charge in [-0.15, -0.1) is 10.2 Å². The molecule has 0 fully saturated rings. The molecule has 0 amide bonds. The number of hydrogen-bond donors (Lipinski definition) is 1. The number of halogens is 1. The Morgan fingerprint density at radius 2 is 2.00 bits per heavy atom. The zero-order valence-electron chi connectivity index (χ0n) is 6.57. The molecule has 66 valence electrons. The van der Waals surface area contributed by atoms with Crippen LogP contribution in [0.2, 0.25) is 0 Å². The number of aromatic nitrogens is 2. The first-order valence-corrected chi connectivity index (χ1v) is 5.22. The van der Waals surface area contributed by atoms with Gasteiger partial charge in [0.25, 0.3) is 0 Å². The van der Waals surface area contributed by atoms with E-state index < -0.39 is 0 Å². The Bertz CT molecular complexity index is 427. The summed E-state index contributed by atoms with van der Waals surface area (Å²) in [6, 6.07) is 7.85. The molecular weight excluding hydrogens is 250 g/mol. The van der Waals surface area contributed by atoms with Gasteiger partial charge in [0, 0.05) is 10.0 Å². The number of benzene rings is 1. The Balaban J connectivity index is 2.52. The molecule has 0 saturated carbocycles. The third-order valence-electron chi connectivity index (χ3n) is 1.54. The maximum Gasteiger partial charge on any atom is 0.203 e. The minimum absolute atomic E-state index is 0.491. The summed E-state index contributed by atoms with van der Waals surface area (Å²) in [5.41, 5.74) is 6.52. The number of anilines is 1. The van der Waals surface area contributed by atoms with Crippen LogP contribution in [0.5, 0.6) is 0 Å². The van der Waals surface area contributed by atoms with Gasteiger partial charge in [0.1, 0.15) is 0 Å². The van der Waals surface area contributed by atoms with E-state index in [1.807, 2.05) is 24.3 Å². The summed E-state index contributed by atoms with van der Waals surface area (Å²) in [5, 5.41) is 9.05. The first-order chi connectivity index (χ1) is 6.27. The topological polar surface area (TPSA) is 51.8 Å². The van der Waals surface area contributed by atoms with E-state index in [9.17, 15) is 0 Å². The third kappa shape index (κ3) is 1.71. The van der Waals surface area contributed by atoms with Gasteiger partial charge in [-0.1, -0.05) is 45.5 Å². The molecule has 1 aromatic heterocycles. The van der Waals surface area contributed by atoms with Crippen LogP contribution in [0.4, 0.5) is 5.13 Å². The zero-order valence-corrected chi connectivity index (χ0v) is 8.97. The van der Waals surface area contributed by atoms with Gasteiger partial charge in [-0.05, 0) is 6.07 Å². The standard InChI is InChI=1S/C8H6BrN3S/c9-6-4-2-1-3-5(6)7-11-12-8(10)13-7/h1-4H,(H2,10,12). The molecule has 0 aliphatic heterocycles. The number of nitrogens with zero attached hydrogens (tertiary/aromatic N) is 2. The molecule has 3 nitrogen and oxygen atoms in total. The van der Waals surface area contributed by atoms with Crippen LogP contribution in [0.25, 0.3) is 10.6 Å². The van der Waals surface area contributed by atoms with Crippen molar-refractivity contribution in [3.63, 3.8) is 0 Å². The van der Waals surface area contributed by atoms with E-state index in [1.165, 1.54) is 11.3 Å². The molecule has 0 atom stereocenters. The minimum atomic E-state index is 0.491.